The smallest absolute Gasteiger partial charge is 0.335 e. The molecule has 4 amide bonds. The Morgan fingerprint density at radius 1 is 0.950 bits per heavy atom. The number of amides is 4. The van der Waals surface area contributed by atoms with Crippen molar-refractivity contribution in [3.05, 3.63) is 105 Å². The highest BCUT2D eigenvalue weighted by molar-refractivity contribution is 9.10. The topological polar surface area (TPSA) is 84.9 Å². The Balaban J connectivity index is 1.44. The molecular formula is C31H24BrClN2O5. The molecule has 0 bridgehead atoms. The lowest BCUT2D eigenvalue weighted by molar-refractivity contribution is -0.122. The molecule has 0 spiro atoms. The third-order valence-electron chi connectivity index (χ3n) is 6.36. The van der Waals surface area contributed by atoms with Crippen LogP contribution in [0.15, 0.2) is 82.8 Å². The molecule has 5 rings (SSSR count). The molecule has 1 N–H and O–H groups in total. The van der Waals surface area contributed by atoms with Crippen molar-refractivity contribution in [1.29, 1.82) is 0 Å². The molecule has 0 atom stereocenters. The van der Waals surface area contributed by atoms with E-state index in [0.29, 0.717) is 39.8 Å². The molecule has 0 aliphatic carbocycles. The molecule has 0 radical (unpaired) electrons. The quantitative estimate of drug-likeness (QED) is 0.175. The number of carbonyl (C=O) groups excluding carboxylic acids is 3. The van der Waals surface area contributed by atoms with E-state index in [4.69, 9.17) is 21.1 Å². The van der Waals surface area contributed by atoms with Crippen molar-refractivity contribution in [3.8, 4) is 11.5 Å². The Morgan fingerprint density at radius 3 is 2.48 bits per heavy atom. The van der Waals surface area contributed by atoms with E-state index in [-0.39, 0.29) is 11.3 Å². The maximum absolute atomic E-state index is 13.3. The predicted octanol–water partition coefficient (Wildman–Crippen LogP) is 7.21. The van der Waals surface area contributed by atoms with Crippen molar-refractivity contribution in [2.24, 2.45) is 0 Å². The number of halogens is 2. The second kappa shape index (κ2) is 11.5. The number of hydrogen-bond acceptors (Lipinski definition) is 5. The van der Waals surface area contributed by atoms with Gasteiger partial charge in [-0.1, -0.05) is 54.1 Å². The summed E-state index contributed by atoms with van der Waals surface area (Å²) in [5.41, 5.74) is 2.33. The van der Waals surface area contributed by atoms with E-state index in [0.717, 1.165) is 26.8 Å². The minimum Gasteiger partial charge on any atom is -0.490 e. The highest BCUT2D eigenvalue weighted by Gasteiger charge is 2.37. The molecule has 0 aromatic heterocycles. The third kappa shape index (κ3) is 5.59. The van der Waals surface area contributed by atoms with Crippen LogP contribution in [0.2, 0.25) is 5.02 Å². The number of imide groups is 2. The maximum Gasteiger partial charge on any atom is 0.335 e. The minimum absolute atomic E-state index is 0.213. The molecule has 202 valence electrons. The number of anilines is 1. The van der Waals surface area contributed by atoms with Crippen LogP contribution in [0, 0.1) is 6.92 Å². The van der Waals surface area contributed by atoms with Crippen molar-refractivity contribution in [2.75, 3.05) is 11.5 Å². The number of ether oxygens (including phenoxy) is 2. The summed E-state index contributed by atoms with van der Waals surface area (Å²) in [6.45, 7) is 4.33. The van der Waals surface area contributed by atoms with Crippen LogP contribution >= 0.6 is 27.5 Å². The van der Waals surface area contributed by atoms with Gasteiger partial charge in [0.05, 0.1) is 16.8 Å². The number of urea groups is 1. The number of nitrogens with one attached hydrogen (secondary N) is 1. The van der Waals surface area contributed by atoms with Crippen LogP contribution in [-0.2, 0) is 16.2 Å². The number of aryl methyl sites for hydroxylation is 1. The third-order valence-corrected chi connectivity index (χ3v) is 7.35. The molecule has 9 heteroatoms. The van der Waals surface area contributed by atoms with Crippen molar-refractivity contribution in [1.82, 2.24) is 5.32 Å². The largest absolute Gasteiger partial charge is 0.490 e. The highest BCUT2D eigenvalue weighted by Crippen LogP contribution is 2.38. The standard InChI is InChI=1S/C31H24BrClN2O5/c1-3-39-27-15-20(14-25(32)28(27)40-17-19-9-10-21-6-4-5-7-22(21)12-19)13-24-29(36)34-31(38)35(30(24)37)23-11-8-18(2)26(33)16-23/h4-16H,3,17H2,1-2H3,(H,34,36,38)/b24-13-. The fourth-order valence-corrected chi connectivity index (χ4v) is 5.09. The van der Waals surface area contributed by atoms with Gasteiger partial charge in [-0.05, 0) is 93.6 Å². The van der Waals surface area contributed by atoms with E-state index < -0.39 is 17.8 Å². The first-order chi connectivity index (χ1) is 19.2. The summed E-state index contributed by atoms with van der Waals surface area (Å²) in [6, 6.07) is 21.6. The Bertz CT molecular complexity index is 1700. The van der Waals surface area contributed by atoms with Crippen LogP contribution in [0.4, 0.5) is 10.5 Å². The van der Waals surface area contributed by atoms with Crippen LogP contribution < -0.4 is 19.7 Å². The van der Waals surface area contributed by atoms with Gasteiger partial charge in [0.25, 0.3) is 11.8 Å². The zero-order valence-corrected chi connectivity index (χ0v) is 24.0. The van der Waals surface area contributed by atoms with E-state index in [2.05, 4.69) is 33.4 Å². The van der Waals surface area contributed by atoms with E-state index >= 15 is 0 Å². The van der Waals surface area contributed by atoms with Crippen molar-refractivity contribution in [3.63, 3.8) is 0 Å². The molecule has 4 aromatic rings. The fourth-order valence-electron chi connectivity index (χ4n) is 4.34. The Morgan fingerprint density at radius 2 is 1.73 bits per heavy atom. The number of barbiturate groups is 1. The molecule has 1 aliphatic heterocycles. The Kier molecular flexibility index (Phi) is 7.91. The minimum atomic E-state index is -0.847. The lowest BCUT2D eigenvalue weighted by atomic mass is 10.1. The second-order valence-electron chi connectivity index (χ2n) is 9.12. The monoisotopic (exact) mass is 618 g/mol. The number of fused-ring (bicyclic) bond motifs is 1. The second-order valence-corrected chi connectivity index (χ2v) is 10.4. The fraction of sp³-hybridized carbons (Fsp3) is 0.129. The molecule has 1 aliphatic rings. The predicted molar refractivity (Wildman–Crippen MR) is 159 cm³/mol. The molecule has 7 nitrogen and oxygen atoms in total. The summed E-state index contributed by atoms with van der Waals surface area (Å²) in [5.74, 6) is -0.635. The SMILES string of the molecule is CCOc1cc(/C=C2/C(=O)NC(=O)N(c3ccc(C)c(Cl)c3)C2=O)cc(Br)c1OCc1ccc2ccccc2c1. The molecule has 40 heavy (non-hydrogen) atoms. The summed E-state index contributed by atoms with van der Waals surface area (Å²) >= 11 is 9.76. The summed E-state index contributed by atoms with van der Waals surface area (Å²) in [4.78, 5) is 39.5. The van der Waals surface area contributed by atoms with Gasteiger partial charge < -0.3 is 9.47 Å². The number of hydrogen-bond donors (Lipinski definition) is 1. The lowest BCUT2D eigenvalue weighted by Crippen LogP contribution is -2.54. The lowest BCUT2D eigenvalue weighted by Gasteiger charge is -2.26. The summed E-state index contributed by atoms with van der Waals surface area (Å²) < 4.78 is 12.6. The number of carbonyl (C=O) groups is 3. The summed E-state index contributed by atoms with van der Waals surface area (Å²) in [7, 11) is 0. The molecule has 4 aromatic carbocycles. The first-order valence-electron chi connectivity index (χ1n) is 12.5. The number of benzene rings is 4. The Labute approximate surface area is 244 Å². The van der Waals surface area contributed by atoms with Gasteiger partial charge in [-0.15, -0.1) is 0 Å². The van der Waals surface area contributed by atoms with E-state index in [1.807, 2.05) is 44.2 Å². The van der Waals surface area contributed by atoms with Crippen molar-refractivity contribution >= 4 is 67.9 Å². The summed E-state index contributed by atoms with van der Waals surface area (Å²) in [6.07, 6.45) is 1.41. The molecule has 1 saturated heterocycles. The van der Waals surface area contributed by atoms with Crippen LogP contribution in [0.3, 0.4) is 0 Å². The average molecular weight is 620 g/mol. The van der Waals surface area contributed by atoms with E-state index in [1.54, 1.807) is 24.3 Å². The molecule has 0 saturated carbocycles. The zero-order valence-electron chi connectivity index (χ0n) is 21.7. The average Bonchev–Trinajstić information content (AvgIpc) is 2.92. The van der Waals surface area contributed by atoms with E-state index in [1.165, 1.54) is 12.1 Å². The zero-order chi connectivity index (χ0) is 28.4. The Hall–Kier alpha value is -4.14. The van der Waals surface area contributed by atoms with Gasteiger partial charge in [-0.25, -0.2) is 9.69 Å². The van der Waals surface area contributed by atoms with Crippen LogP contribution in [0.5, 0.6) is 11.5 Å². The first kappa shape index (κ1) is 27.4. The van der Waals surface area contributed by atoms with Crippen LogP contribution in [0.25, 0.3) is 16.8 Å². The molecule has 1 fully saturated rings. The van der Waals surface area contributed by atoms with Gasteiger partial charge in [0.2, 0.25) is 0 Å². The number of rotatable bonds is 7. The van der Waals surface area contributed by atoms with Gasteiger partial charge in [0.1, 0.15) is 12.2 Å². The molecular weight excluding hydrogens is 596 g/mol. The van der Waals surface area contributed by atoms with Crippen molar-refractivity contribution in [2.45, 2.75) is 20.5 Å². The molecule has 1 heterocycles. The summed E-state index contributed by atoms with van der Waals surface area (Å²) in [5, 5.41) is 4.88. The van der Waals surface area contributed by atoms with Crippen LogP contribution in [0.1, 0.15) is 23.6 Å². The van der Waals surface area contributed by atoms with Gasteiger partial charge in [-0.2, -0.15) is 0 Å². The van der Waals surface area contributed by atoms with Gasteiger partial charge in [-0.3, -0.25) is 14.9 Å². The van der Waals surface area contributed by atoms with Gasteiger partial charge in [0.15, 0.2) is 11.5 Å². The van der Waals surface area contributed by atoms with Gasteiger partial charge in [0, 0.05) is 5.02 Å². The van der Waals surface area contributed by atoms with Crippen LogP contribution in [-0.4, -0.2) is 24.5 Å². The van der Waals surface area contributed by atoms with Crippen molar-refractivity contribution < 1.29 is 23.9 Å². The maximum atomic E-state index is 13.3. The number of nitrogens with zero attached hydrogens (tertiary/aromatic N) is 1. The van der Waals surface area contributed by atoms with Gasteiger partial charge >= 0.3 is 6.03 Å². The molecule has 0 unspecified atom stereocenters. The highest BCUT2D eigenvalue weighted by atomic mass is 79.9. The first-order valence-corrected chi connectivity index (χ1v) is 13.7. The normalized spacial score (nSPS) is 14.6. The van der Waals surface area contributed by atoms with E-state index in [9.17, 15) is 14.4 Å².